The zero-order valence-electron chi connectivity index (χ0n) is 12.2. The third-order valence-electron chi connectivity index (χ3n) is 4.84. The average molecular weight is 252 g/mol. The molecule has 1 aliphatic carbocycles. The van der Waals surface area contributed by atoms with Gasteiger partial charge in [0.15, 0.2) is 0 Å². The summed E-state index contributed by atoms with van der Waals surface area (Å²) < 4.78 is 0. The molecule has 2 unspecified atom stereocenters. The van der Waals surface area contributed by atoms with E-state index in [-0.39, 0.29) is 11.3 Å². The first kappa shape index (κ1) is 13.9. The van der Waals surface area contributed by atoms with Crippen molar-refractivity contribution in [1.82, 2.24) is 10.2 Å². The normalized spacial score (nSPS) is 31.3. The van der Waals surface area contributed by atoms with Crippen molar-refractivity contribution in [1.29, 1.82) is 0 Å². The van der Waals surface area contributed by atoms with E-state index in [0.717, 1.165) is 19.5 Å². The van der Waals surface area contributed by atoms with Crippen molar-refractivity contribution in [2.45, 2.75) is 58.4 Å². The number of carbonyl (C=O) groups excluding carboxylic acids is 1. The van der Waals surface area contributed by atoms with Crippen LogP contribution in [-0.2, 0) is 4.79 Å². The second-order valence-electron chi connectivity index (χ2n) is 6.80. The number of nitrogens with zero attached hydrogens (tertiary/aromatic N) is 1. The summed E-state index contributed by atoms with van der Waals surface area (Å²) in [5.74, 6) is 0.603. The zero-order chi connectivity index (χ0) is 13.2. The summed E-state index contributed by atoms with van der Waals surface area (Å²) in [6.45, 7) is 6.51. The Bertz CT molecular complexity index is 295. The summed E-state index contributed by atoms with van der Waals surface area (Å²) in [5.41, 5.74) is 0.187. The molecule has 0 aromatic heterocycles. The molecule has 104 valence electrons. The molecule has 1 heterocycles. The molecule has 2 aliphatic rings. The van der Waals surface area contributed by atoms with Crippen LogP contribution >= 0.6 is 0 Å². The van der Waals surface area contributed by atoms with E-state index in [0.29, 0.717) is 11.9 Å². The number of carbonyl (C=O) groups is 1. The molecule has 1 N–H and O–H groups in total. The minimum Gasteiger partial charge on any atom is -0.344 e. The SMILES string of the molecule is CN(CC1CCCN1)C(=O)C1CCCCC1(C)C. The predicted molar refractivity (Wildman–Crippen MR) is 74.4 cm³/mol. The summed E-state index contributed by atoms with van der Waals surface area (Å²) in [6, 6.07) is 0.519. The quantitative estimate of drug-likeness (QED) is 0.836. The van der Waals surface area contributed by atoms with Crippen LogP contribution in [0, 0.1) is 11.3 Å². The summed E-state index contributed by atoms with van der Waals surface area (Å²) in [7, 11) is 1.98. The molecule has 3 nitrogen and oxygen atoms in total. The molecule has 0 aromatic carbocycles. The first-order valence-electron chi connectivity index (χ1n) is 7.49. The van der Waals surface area contributed by atoms with Gasteiger partial charge in [-0.15, -0.1) is 0 Å². The maximum absolute atomic E-state index is 12.6. The summed E-state index contributed by atoms with van der Waals surface area (Å²) in [4.78, 5) is 14.6. The molecule has 18 heavy (non-hydrogen) atoms. The summed E-state index contributed by atoms with van der Waals surface area (Å²) >= 11 is 0. The minimum absolute atomic E-state index is 0.187. The van der Waals surface area contributed by atoms with Crippen molar-refractivity contribution < 1.29 is 4.79 Å². The molecular formula is C15H28N2O. The van der Waals surface area contributed by atoms with Crippen molar-refractivity contribution in [3.8, 4) is 0 Å². The Morgan fingerprint density at radius 3 is 2.67 bits per heavy atom. The zero-order valence-corrected chi connectivity index (χ0v) is 12.2. The van der Waals surface area contributed by atoms with E-state index >= 15 is 0 Å². The molecule has 0 bridgehead atoms. The fourth-order valence-electron chi connectivity index (χ4n) is 3.55. The highest BCUT2D eigenvalue weighted by atomic mass is 16.2. The standard InChI is InChI=1S/C15H28N2O/c1-15(2)9-5-4-8-13(15)14(18)17(3)11-12-7-6-10-16-12/h12-13,16H,4-11H2,1-3H3. The van der Waals surface area contributed by atoms with Crippen LogP contribution in [0.3, 0.4) is 0 Å². The monoisotopic (exact) mass is 252 g/mol. The van der Waals surface area contributed by atoms with E-state index in [2.05, 4.69) is 19.2 Å². The highest BCUT2D eigenvalue weighted by molar-refractivity contribution is 5.79. The van der Waals surface area contributed by atoms with Crippen molar-refractivity contribution in [3.63, 3.8) is 0 Å². The van der Waals surface area contributed by atoms with Crippen LogP contribution in [0.2, 0.25) is 0 Å². The molecule has 0 aromatic rings. The van der Waals surface area contributed by atoms with Crippen LogP contribution < -0.4 is 5.32 Å². The molecule has 1 aliphatic heterocycles. The van der Waals surface area contributed by atoms with E-state index in [9.17, 15) is 4.79 Å². The van der Waals surface area contributed by atoms with Gasteiger partial charge in [-0.25, -0.2) is 0 Å². The number of rotatable bonds is 3. The maximum atomic E-state index is 12.6. The van der Waals surface area contributed by atoms with Crippen LogP contribution in [0.25, 0.3) is 0 Å². The number of hydrogen-bond acceptors (Lipinski definition) is 2. The van der Waals surface area contributed by atoms with Gasteiger partial charge >= 0.3 is 0 Å². The Hall–Kier alpha value is -0.570. The molecule has 2 fully saturated rings. The highest BCUT2D eigenvalue weighted by Crippen LogP contribution is 2.41. The number of amides is 1. The first-order chi connectivity index (χ1) is 8.50. The van der Waals surface area contributed by atoms with Gasteiger partial charge < -0.3 is 10.2 Å². The lowest BCUT2D eigenvalue weighted by Gasteiger charge is -2.39. The summed E-state index contributed by atoms with van der Waals surface area (Å²) in [6.07, 6.45) is 7.24. The van der Waals surface area contributed by atoms with Gasteiger partial charge in [-0.2, -0.15) is 0 Å². The van der Waals surface area contributed by atoms with E-state index < -0.39 is 0 Å². The van der Waals surface area contributed by atoms with Gasteiger partial charge in [0.25, 0.3) is 0 Å². The van der Waals surface area contributed by atoms with E-state index in [1.165, 1.54) is 32.1 Å². The summed E-state index contributed by atoms with van der Waals surface area (Å²) in [5, 5.41) is 3.47. The van der Waals surface area contributed by atoms with Crippen molar-refractivity contribution in [2.24, 2.45) is 11.3 Å². The third-order valence-corrected chi connectivity index (χ3v) is 4.84. The Kier molecular flexibility index (Phi) is 4.31. The van der Waals surface area contributed by atoms with Crippen molar-refractivity contribution in [2.75, 3.05) is 20.1 Å². The topological polar surface area (TPSA) is 32.3 Å². The highest BCUT2D eigenvalue weighted by Gasteiger charge is 2.38. The molecule has 0 spiro atoms. The van der Waals surface area contributed by atoms with Crippen LogP contribution in [0.1, 0.15) is 52.4 Å². The molecule has 3 heteroatoms. The molecule has 2 rings (SSSR count). The molecule has 0 radical (unpaired) electrons. The minimum atomic E-state index is 0.187. The fourth-order valence-corrected chi connectivity index (χ4v) is 3.55. The van der Waals surface area contributed by atoms with E-state index in [4.69, 9.17) is 0 Å². The van der Waals surface area contributed by atoms with Gasteiger partial charge in [-0.3, -0.25) is 4.79 Å². The number of likely N-dealkylation sites (N-methyl/N-ethyl adjacent to an activating group) is 1. The lowest BCUT2D eigenvalue weighted by molar-refractivity contribution is -0.140. The molecular weight excluding hydrogens is 224 g/mol. The van der Waals surface area contributed by atoms with Gasteiger partial charge in [-0.05, 0) is 37.6 Å². The van der Waals surface area contributed by atoms with Gasteiger partial charge in [0.1, 0.15) is 0 Å². The predicted octanol–water partition coefficient (Wildman–Crippen LogP) is 2.41. The smallest absolute Gasteiger partial charge is 0.226 e. The number of hydrogen-bond donors (Lipinski definition) is 1. The second-order valence-corrected chi connectivity index (χ2v) is 6.80. The molecule has 2 atom stereocenters. The molecule has 1 amide bonds. The van der Waals surface area contributed by atoms with Crippen molar-refractivity contribution >= 4 is 5.91 Å². The van der Waals surface area contributed by atoms with Crippen LogP contribution in [-0.4, -0.2) is 37.0 Å². The van der Waals surface area contributed by atoms with Gasteiger partial charge in [0.2, 0.25) is 5.91 Å². The van der Waals surface area contributed by atoms with Gasteiger partial charge in [0, 0.05) is 25.6 Å². The van der Waals surface area contributed by atoms with Gasteiger partial charge in [0.05, 0.1) is 0 Å². The van der Waals surface area contributed by atoms with E-state index in [1.807, 2.05) is 11.9 Å². The Balaban J connectivity index is 1.92. The Morgan fingerprint density at radius 1 is 1.28 bits per heavy atom. The Labute approximate surface area is 111 Å². The molecule has 1 saturated heterocycles. The maximum Gasteiger partial charge on any atom is 0.226 e. The Morgan fingerprint density at radius 2 is 2.06 bits per heavy atom. The average Bonchev–Trinajstić information content (AvgIpc) is 2.80. The van der Waals surface area contributed by atoms with Crippen molar-refractivity contribution in [3.05, 3.63) is 0 Å². The molecule has 1 saturated carbocycles. The van der Waals surface area contributed by atoms with E-state index in [1.54, 1.807) is 0 Å². The second kappa shape index (κ2) is 5.60. The lowest BCUT2D eigenvalue weighted by Crippen LogP contribution is -2.45. The van der Waals surface area contributed by atoms with Crippen LogP contribution in [0.5, 0.6) is 0 Å². The van der Waals surface area contributed by atoms with Crippen LogP contribution in [0.15, 0.2) is 0 Å². The first-order valence-corrected chi connectivity index (χ1v) is 7.49. The largest absolute Gasteiger partial charge is 0.344 e. The third kappa shape index (κ3) is 3.05. The number of nitrogens with one attached hydrogen (secondary N) is 1. The lowest BCUT2D eigenvalue weighted by atomic mass is 9.68. The fraction of sp³-hybridized carbons (Fsp3) is 0.933. The van der Waals surface area contributed by atoms with Crippen LogP contribution in [0.4, 0.5) is 0 Å². The van der Waals surface area contributed by atoms with Gasteiger partial charge in [-0.1, -0.05) is 26.7 Å².